The summed E-state index contributed by atoms with van der Waals surface area (Å²) in [6.07, 6.45) is 0. The fraction of sp³-hybridized carbons (Fsp3) is 0. The van der Waals surface area contributed by atoms with Crippen LogP contribution in [0.1, 0.15) is 0 Å². The van der Waals surface area contributed by atoms with Gasteiger partial charge in [0.15, 0.2) is 17.5 Å². The average molecular weight is 674 g/mol. The molecule has 0 atom stereocenters. The summed E-state index contributed by atoms with van der Waals surface area (Å²) in [5.41, 5.74) is 7.87. The first kappa shape index (κ1) is 29.0. The highest BCUT2D eigenvalue weighted by molar-refractivity contribution is 7.26. The second-order valence-electron chi connectivity index (χ2n) is 12.4. The molecule has 3 nitrogen and oxygen atoms in total. The molecule has 0 radical (unpaired) electrons. The molecular weight excluding hydrogens is 647 g/mol. The Labute approximate surface area is 296 Å². The van der Waals surface area contributed by atoms with Crippen LogP contribution in [0.5, 0.6) is 0 Å². The molecule has 234 valence electrons. The van der Waals surface area contributed by atoms with Crippen LogP contribution < -0.4 is 0 Å². The molecule has 0 N–H and O–H groups in total. The van der Waals surface area contributed by atoms with E-state index in [0.717, 1.165) is 16.7 Å². The Morgan fingerprint density at radius 2 is 0.740 bits per heavy atom. The molecule has 0 aliphatic carbocycles. The van der Waals surface area contributed by atoms with Gasteiger partial charge in [-0.05, 0) is 46.5 Å². The quantitative estimate of drug-likeness (QED) is 0.182. The first-order chi connectivity index (χ1) is 24.8. The number of hydrogen-bond acceptors (Lipinski definition) is 5. The van der Waals surface area contributed by atoms with Crippen molar-refractivity contribution in [3.63, 3.8) is 0 Å². The molecule has 7 aromatic carbocycles. The molecule has 3 heterocycles. The fourth-order valence-corrected chi connectivity index (χ4v) is 9.29. The van der Waals surface area contributed by atoms with E-state index in [2.05, 4.69) is 103 Å². The van der Waals surface area contributed by atoms with Gasteiger partial charge in [-0.25, -0.2) is 15.0 Å². The molecule has 0 fully saturated rings. The predicted octanol–water partition coefficient (Wildman–Crippen LogP) is 12.9. The molecular formula is C45H27N3S2. The molecule has 0 aliphatic rings. The van der Waals surface area contributed by atoms with Gasteiger partial charge in [-0.1, -0.05) is 140 Å². The average Bonchev–Trinajstić information content (AvgIpc) is 3.77. The standard InChI is InChI=1S/C45H27N3S2/c1-3-11-30(12-4-1)43-46-44(31-13-5-2-6-14-31)48-45(47-43)32-25-26-36-40(27-32)50-39-20-10-17-34(42(36)39)29-23-21-28(22-24-29)33-16-9-19-38-41(33)35-15-7-8-18-37(35)49-38/h1-27H. The van der Waals surface area contributed by atoms with Crippen molar-refractivity contribution in [2.24, 2.45) is 0 Å². The first-order valence-electron chi connectivity index (χ1n) is 16.6. The highest BCUT2D eigenvalue weighted by atomic mass is 32.1. The van der Waals surface area contributed by atoms with Gasteiger partial charge in [0, 0.05) is 57.0 Å². The van der Waals surface area contributed by atoms with Gasteiger partial charge in [-0.2, -0.15) is 0 Å². The Morgan fingerprint density at radius 3 is 1.32 bits per heavy atom. The molecule has 0 spiro atoms. The van der Waals surface area contributed by atoms with E-state index in [4.69, 9.17) is 15.0 Å². The number of benzene rings is 7. The van der Waals surface area contributed by atoms with Crippen molar-refractivity contribution in [3.8, 4) is 56.4 Å². The molecule has 3 aromatic heterocycles. The smallest absolute Gasteiger partial charge is 0.164 e. The third-order valence-corrected chi connectivity index (χ3v) is 11.6. The van der Waals surface area contributed by atoms with Crippen molar-refractivity contribution in [1.82, 2.24) is 15.0 Å². The number of nitrogens with zero attached hydrogens (tertiary/aromatic N) is 3. The minimum absolute atomic E-state index is 0.667. The van der Waals surface area contributed by atoms with Crippen LogP contribution in [0.2, 0.25) is 0 Å². The maximum Gasteiger partial charge on any atom is 0.164 e. The topological polar surface area (TPSA) is 38.7 Å². The van der Waals surface area contributed by atoms with Crippen LogP contribution in [0.15, 0.2) is 164 Å². The summed E-state index contributed by atoms with van der Waals surface area (Å²) in [5.74, 6) is 2.00. The minimum atomic E-state index is 0.667. The number of hydrogen-bond donors (Lipinski definition) is 0. The lowest BCUT2D eigenvalue weighted by atomic mass is 9.95. The molecule has 0 saturated heterocycles. The van der Waals surface area contributed by atoms with Crippen LogP contribution in [0.4, 0.5) is 0 Å². The number of thiophene rings is 2. The Bertz CT molecular complexity index is 2800. The Hall–Kier alpha value is -6.01. The van der Waals surface area contributed by atoms with Gasteiger partial charge in [0.1, 0.15) is 0 Å². The van der Waals surface area contributed by atoms with Crippen LogP contribution in [0, 0.1) is 0 Å². The lowest BCUT2D eigenvalue weighted by Crippen LogP contribution is -1.99. The van der Waals surface area contributed by atoms with Gasteiger partial charge >= 0.3 is 0 Å². The normalized spacial score (nSPS) is 11.6. The van der Waals surface area contributed by atoms with Crippen molar-refractivity contribution in [3.05, 3.63) is 164 Å². The van der Waals surface area contributed by atoms with Gasteiger partial charge in [0.25, 0.3) is 0 Å². The second-order valence-corrected chi connectivity index (χ2v) is 14.6. The van der Waals surface area contributed by atoms with Crippen LogP contribution in [-0.2, 0) is 0 Å². The maximum atomic E-state index is 4.97. The van der Waals surface area contributed by atoms with E-state index in [1.54, 1.807) is 0 Å². The zero-order chi connectivity index (χ0) is 33.0. The van der Waals surface area contributed by atoms with Crippen LogP contribution >= 0.6 is 22.7 Å². The summed E-state index contributed by atoms with van der Waals surface area (Å²) in [6, 6.07) is 58.0. The first-order valence-corrected chi connectivity index (χ1v) is 18.2. The minimum Gasteiger partial charge on any atom is -0.208 e. The van der Waals surface area contributed by atoms with E-state index >= 15 is 0 Å². The maximum absolute atomic E-state index is 4.97. The monoisotopic (exact) mass is 673 g/mol. The van der Waals surface area contributed by atoms with Crippen molar-refractivity contribution < 1.29 is 0 Å². The van der Waals surface area contributed by atoms with E-state index in [-0.39, 0.29) is 0 Å². The number of rotatable bonds is 5. The van der Waals surface area contributed by atoms with Crippen LogP contribution in [0.25, 0.3) is 96.8 Å². The van der Waals surface area contributed by atoms with E-state index in [0.29, 0.717) is 17.5 Å². The largest absolute Gasteiger partial charge is 0.208 e. The van der Waals surface area contributed by atoms with Crippen LogP contribution in [-0.4, -0.2) is 15.0 Å². The number of fused-ring (bicyclic) bond motifs is 6. The molecule has 0 saturated carbocycles. The highest BCUT2D eigenvalue weighted by Crippen LogP contribution is 2.43. The number of aromatic nitrogens is 3. The van der Waals surface area contributed by atoms with E-state index < -0.39 is 0 Å². The summed E-state index contributed by atoms with van der Waals surface area (Å²) in [4.78, 5) is 14.8. The SMILES string of the molecule is c1ccc(-c2nc(-c3ccccc3)nc(-c3ccc4c(c3)sc3cccc(-c5ccc(-c6cccc7sc8ccccc8c67)cc5)c34)n2)cc1. The van der Waals surface area contributed by atoms with Gasteiger partial charge in [0.2, 0.25) is 0 Å². The van der Waals surface area contributed by atoms with Gasteiger partial charge in [-0.3, -0.25) is 0 Å². The zero-order valence-electron chi connectivity index (χ0n) is 26.7. The Morgan fingerprint density at radius 1 is 0.300 bits per heavy atom. The van der Waals surface area contributed by atoms with Gasteiger partial charge in [0.05, 0.1) is 0 Å². The van der Waals surface area contributed by atoms with Gasteiger partial charge < -0.3 is 0 Å². The summed E-state index contributed by atoms with van der Waals surface area (Å²) in [5, 5.41) is 5.19. The Kier molecular flexibility index (Phi) is 6.86. The molecule has 0 bridgehead atoms. The molecule has 10 rings (SSSR count). The summed E-state index contributed by atoms with van der Waals surface area (Å²) < 4.78 is 5.13. The second kappa shape index (κ2) is 11.8. The van der Waals surface area contributed by atoms with Crippen molar-refractivity contribution in [1.29, 1.82) is 0 Å². The van der Waals surface area contributed by atoms with E-state index in [1.165, 1.54) is 62.6 Å². The van der Waals surface area contributed by atoms with Crippen LogP contribution in [0.3, 0.4) is 0 Å². The zero-order valence-corrected chi connectivity index (χ0v) is 28.4. The lowest BCUT2D eigenvalue weighted by Gasteiger charge is -2.09. The fourth-order valence-electron chi connectivity index (χ4n) is 6.99. The third-order valence-electron chi connectivity index (χ3n) is 9.36. The molecule has 50 heavy (non-hydrogen) atoms. The summed E-state index contributed by atoms with van der Waals surface area (Å²) >= 11 is 3.68. The predicted molar refractivity (Wildman–Crippen MR) is 213 cm³/mol. The third kappa shape index (κ3) is 4.90. The van der Waals surface area contributed by atoms with E-state index in [9.17, 15) is 0 Å². The molecule has 5 heteroatoms. The van der Waals surface area contributed by atoms with E-state index in [1.807, 2.05) is 83.3 Å². The molecule has 0 unspecified atom stereocenters. The van der Waals surface area contributed by atoms with Gasteiger partial charge in [-0.15, -0.1) is 22.7 Å². The van der Waals surface area contributed by atoms with Crippen molar-refractivity contribution >= 4 is 63.0 Å². The van der Waals surface area contributed by atoms with Crippen molar-refractivity contribution in [2.45, 2.75) is 0 Å². The highest BCUT2D eigenvalue weighted by Gasteiger charge is 2.16. The summed E-state index contributed by atoms with van der Waals surface area (Å²) in [6.45, 7) is 0. The molecule has 0 amide bonds. The van der Waals surface area contributed by atoms with Crippen molar-refractivity contribution in [2.75, 3.05) is 0 Å². The molecule has 10 aromatic rings. The lowest BCUT2D eigenvalue weighted by molar-refractivity contribution is 1.07. The molecule has 0 aliphatic heterocycles. The Balaban J connectivity index is 1.06. The summed E-state index contributed by atoms with van der Waals surface area (Å²) in [7, 11) is 0.